The molecular weight excluding hydrogens is 280 g/mol. The molecule has 2 amide bonds. The summed E-state index contributed by atoms with van der Waals surface area (Å²) in [6, 6.07) is 7.12. The van der Waals surface area contributed by atoms with Gasteiger partial charge in [-0.1, -0.05) is 39.8 Å². The minimum absolute atomic E-state index is 0.00712. The van der Waals surface area contributed by atoms with E-state index in [1.54, 1.807) is 12.1 Å². The summed E-state index contributed by atoms with van der Waals surface area (Å²) >= 11 is 0. The van der Waals surface area contributed by atoms with E-state index in [9.17, 15) is 9.59 Å². The van der Waals surface area contributed by atoms with Crippen LogP contribution >= 0.6 is 0 Å². The molecule has 22 heavy (non-hydrogen) atoms. The molecule has 0 aliphatic rings. The van der Waals surface area contributed by atoms with Crippen molar-refractivity contribution in [1.29, 1.82) is 0 Å². The molecule has 1 unspecified atom stereocenters. The van der Waals surface area contributed by atoms with Crippen molar-refractivity contribution >= 4 is 11.8 Å². The average Bonchev–Trinajstić information content (AvgIpc) is 2.49. The lowest BCUT2D eigenvalue weighted by Gasteiger charge is -2.17. The molecule has 0 aliphatic heterocycles. The molecule has 1 atom stereocenters. The zero-order chi connectivity index (χ0) is 16.8. The number of aliphatic hydroxyl groups is 1. The first-order valence-corrected chi connectivity index (χ1v) is 7.50. The molecule has 0 radical (unpaired) electrons. The summed E-state index contributed by atoms with van der Waals surface area (Å²) in [5.41, 5.74) is 1.09. The summed E-state index contributed by atoms with van der Waals surface area (Å²) < 4.78 is 0. The van der Waals surface area contributed by atoms with Crippen LogP contribution in [0.1, 0.15) is 43.6 Å². The van der Waals surface area contributed by atoms with E-state index in [2.05, 4.69) is 10.6 Å². The molecule has 0 fully saturated rings. The molecule has 5 nitrogen and oxygen atoms in total. The van der Waals surface area contributed by atoms with Gasteiger partial charge in [0.1, 0.15) is 0 Å². The van der Waals surface area contributed by atoms with Crippen LogP contribution in [0.2, 0.25) is 0 Å². The number of benzene rings is 1. The Morgan fingerprint density at radius 3 is 2.23 bits per heavy atom. The van der Waals surface area contributed by atoms with Crippen LogP contribution in [0.4, 0.5) is 0 Å². The Morgan fingerprint density at radius 1 is 1.14 bits per heavy atom. The molecule has 1 aromatic carbocycles. The van der Waals surface area contributed by atoms with Gasteiger partial charge in [-0.25, -0.2) is 0 Å². The van der Waals surface area contributed by atoms with Crippen LogP contribution in [0, 0.1) is 11.3 Å². The quantitative estimate of drug-likeness (QED) is 0.748. The summed E-state index contributed by atoms with van der Waals surface area (Å²) in [6.07, 6.45) is 0. The molecule has 0 aromatic heterocycles. The highest BCUT2D eigenvalue weighted by molar-refractivity contribution is 5.94. The first-order valence-electron chi connectivity index (χ1n) is 7.50. The molecular formula is C17H26N2O3. The zero-order valence-corrected chi connectivity index (χ0v) is 13.8. The fourth-order valence-corrected chi connectivity index (χ4v) is 1.66. The first kappa shape index (κ1) is 18.2. The number of rotatable bonds is 6. The standard InChI is InChI=1S/C17H26N2O3/c1-12(11-20)9-18-15(21)14-7-5-13(6-8-14)10-19-16(22)17(2,3)4/h5-8,12,20H,9-11H2,1-4H3,(H,18,21)(H,19,22). The first-order chi connectivity index (χ1) is 10.2. The molecule has 1 aromatic rings. The molecule has 0 bridgehead atoms. The lowest BCUT2D eigenvalue weighted by Crippen LogP contribution is -2.34. The van der Waals surface area contributed by atoms with Gasteiger partial charge >= 0.3 is 0 Å². The maximum atomic E-state index is 11.9. The van der Waals surface area contributed by atoms with Crippen LogP contribution in [-0.4, -0.2) is 30.1 Å². The van der Waals surface area contributed by atoms with Gasteiger partial charge in [-0.3, -0.25) is 9.59 Å². The van der Waals surface area contributed by atoms with E-state index < -0.39 is 5.41 Å². The summed E-state index contributed by atoms with van der Waals surface area (Å²) in [5, 5.41) is 14.6. The second-order valence-electron chi connectivity index (χ2n) is 6.63. The van der Waals surface area contributed by atoms with Crippen molar-refractivity contribution in [3.8, 4) is 0 Å². The number of amides is 2. The Labute approximate surface area is 132 Å². The van der Waals surface area contributed by atoms with Crippen molar-refractivity contribution in [2.45, 2.75) is 34.2 Å². The summed E-state index contributed by atoms with van der Waals surface area (Å²) in [6.45, 7) is 8.39. The predicted octanol–water partition coefficient (Wildman–Crippen LogP) is 1.71. The summed E-state index contributed by atoms with van der Waals surface area (Å²) in [7, 11) is 0. The van der Waals surface area contributed by atoms with E-state index in [4.69, 9.17) is 5.11 Å². The van der Waals surface area contributed by atoms with Crippen LogP contribution in [0.25, 0.3) is 0 Å². The third-order valence-corrected chi connectivity index (χ3v) is 3.27. The van der Waals surface area contributed by atoms with Gasteiger partial charge < -0.3 is 15.7 Å². The number of hydrogen-bond acceptors (Lipinski definition) is 3. The third-order valence-electron chi connectivity index (χ3n) is 3.27. The molecule has 3 N–H and O–H groups in total. The van der Waals surface area contributed by atoms with Crippen LogP contribution in [0.3, 0.4) is 0 Å². The van der Waals surface area contributed by atoms with Crippen molar-refractivity contribution in [1.82, 2.24) is 10.6 Å². The van der Waals surface area contributed by atoms with E-state index in [-0.39, 0.29) is 24.3 Å². The van der Waals surface area contributed by atoms with Crippen LogP contribution in [0.15, 0.2) is 24.3 Å². The predicted molar refractivity (Wildman–Crippen MR) is 86.3 cm³/mol. The molecule has 0 saturated carbocycles. The minimum atomic E-state index is -0.413. The van der Waals surface area contributed by atoms with Crippen molar-refractivity contribution in [2.75, 3.05) is 13.2 Å². The minimum Gasteiger partial charge on any atom is -0.396 e. The van der Waals surface area contributed by atoms with Crippen molar-refractivity contribution in [3.05, 3.63) is 35.4 Å². The van der Waals surface area contributed by atoms with Gasteiger partial charge in [-0.05, 0) is 23.6 Å². The topological polar surface area (TPSA) is 78.4 Å². The molecule has 0 aliphatic carbocycles. The normalized spacial score (nSPS) is 12.6. The van der Waals surface area contributed by atoms with E-state index in [1.165, 1.54) is 0 Å². The van der Waals surface area contributed by atoms with E-state index >= 15 is 0 Å². The van der Waals surface area contributed by atoms with Crippen molar-refractivity contribution in [3.63, 3.8) is 0 Å². The lowest BCUT2D eigenvalue weighted by molar-refractivity contribution is -0.128. The van der Waals surface area contributed by atoms with Gasteiger partial charge in [-0.15, -0.1) is 0 Å². The van der Waals surface area contributed by atoms with Crippen molar-refractivity contribution < 1.29 is 14.7 Å². The molecule has 122 valence electrons. The Balaban J connectivity index is 2.52. The monoisotopic (exact) mass is 306 g/mol. The smallest absolute Gasteiger partial charge is 0.251 e. The molecule has 0 spiro atoms. The van der Waals surface area contributed by atoms with Gasteiger partial charge in [0.25, 0.3) is 5.91 Å². The van der Waals surface area contributed by atoms with Gasteiger partial charge in [0, 0.05) is 30.7 Å². The van der Waals surface area contributed by atoms with Gasteiger partial charge in [-0.2, -0.15) is 0 Å². The summed E-state index contributed by atoms with van der Waals surface area (Å²) in [4.78, 5) is 23.7. The largest absolute Gasteiger partial charge is 0.396 e. The van der Waals surface area contributed by atoms with Gasteiger partial charge in [0.15, 0.2) is 0 Å². The molecule has 1 rings (SSSR count). The van der Waals surface area contributed by atoms with Crippen LogP contribution in [0.5, 0.6) is 0 Å². The maximum absolute atomic E-state index is 11.9. The van der Waals surface area contributed by atoms with Crippen molar-refractivity contribution in [2.24, 2.45) is 11.3 Å². The fourth-order valence-electron chi connectivity index (χ4n) is 1.66. The Morgan fingerprint density at radius 2 is 1.73 bits per heavy atom. The highest BCUT2D eigenvalue weighted by Crippen LogP contribution is 2.13. The highest BCUT2D eigenvalue weighted by Gasteiger charge is 2.20. The van der Waals surface area contributed by atoms with Crippen LogP contribution in [-0.2, 0) is 11.3 Å². The SMILES string of the molecule is CC(CO)CNC(=O)c1ccc(CNC(=O)C(C)(C)C)cc1. The number of hydrogen-bond donors (Lipinski definition) is 3. The highest BCUT2D eigenvalue weighted by atomic mass is 16.3. The van der Waals surface area contributed by atoms with E-state index in [0.717, 1.165) is 5.56 Å². The molecule has 0 heterocycles. The van der Waals surface area contributed by atoms with Gasteiger partial charge in [0.05, 0.1) is 0 Å². The van der Waals surface area contributed by atoms with E-state index in [0.29, 0.717) is 18.7 Å². The zero-order valence-electron chi connectivity index (χ0n) is 13.8. The Bertz CT molecular complexity index is 504. The fraction of sp³-hybridized carbons (Fsp3) is 0.529. The average molecular weight is 306 g/mol. The lowest BCUT2D eigenvalue weighted by atomic mass is 9.95. The maximum Gasteiger partial charge on any atom is 0.251 e. The number of carbonyl (C=O) groups is 2. The Hall–Kier alpha value is -1.88. The number of carbonyl (C=O) groups excluding carboxylic acids is 2. The van der Waals surface area contributed by atoms with Crippen LogP contribution < -0.4 is 10.6 Å². The molecule has 0 saturated heterocycles. The molecule has 5 heteroatoms. The third kappa shape index (κ3) is 5.85. The summed E-state index contributed by atoms with van der Waals surface area (Å²) in [5.74, 6) is -0.131. The Kier molecular flexibility index (Phi) is 6.56. The second-order valence-corrected chi connectivity index (χ2v) is 6.63. The van der Waals surface area contributed by atoms with E-state index in [1.807, 2.05) is 39.8 Å². The second kappa shape index (κ2) is 7.94. The number of nitrogens with one attached hydrogen (secondary N) is 2. The van der Waals surface area contributed by atoms with Gasteiger partial charge in [0.2, 0.25) is 5.91 Å². The number of aliphatic hydroxyl groups excluding tert-OH is 1.